The molecular weight excluding hydrogens is 278 g/mol. The number of rotatable bonds is 4. The maximum atomic E-state index is 12.7. The van der Waals surface area contributed by atoms with E-state index in [1.807, 2.05) is 42.2 Å². The predicted octanol–water partition coefficient (Wildman–Crippen LogP) is 1.45. The number of amides is 2. The summed E-state index contributed by atoms with van der Waals surface area (Å²) in [5, 5.41) is 2.90. The molecule has 1 aliphatic heterocycles. The molecule has 1 heterocycles. The van der Waals surface area contributed by atoms with Crippen LogP contribution in [0.15, 0.2) is 30.3 Å². The van der Waals surface area contributed by atoms with Gasteiger partial charge in [0.2, 0.25) is 11.8 Å². The van der Waals surface area contributed by atoms with E-state index in [1.165, 1.54) is 6.92 Å². The van der Waals surface area contributed by atoms with Gasteiger partial charge in [-0.3, -0.25) is 9.59 Å². The van der Waals surface area contributed by atoms with Crippen molar-refractivity contribution in [2.45, 2.75) is 38.8 Å². The highest BCUT2D eigenvalue weighted by Crippen LogP contribution is 2.22. The van der Waals surface area contributed by atoms with Crippen molar-refractivity contribution in [3.63, 3.8) is 0 Å². The van der Waals surface area contributed by atoms with E-state index in [1.54, 1.807) is 0 Å². The van der Waals surface area contributed by atoms with Crippen molar-refractivity contribution in [1.29, 1.82) is 0 Å². The number of nitrogens with one attached hydrogen (secondary N) is 1. The van der Waals surface area contributed by atoms with Crippen LogP contribution in [-0.4, -0.2) is 35.8 Å². The highest BCUT2D eigenvalue weighted by atomic mass is 16.2. The molecule has 2 amide bonds. The first kappa shape index (κ1) is 16.5. The zero-order valence-corrected chi connectivity index (χ0v) is 13.3. The lowest BCUT2D eigenvalue weighted by molar-refractivity contribution is -0.137. The number of nitrogens with two attached hydrogens (primary N) is 1. The van der Waals surface area contributed by atoms with Crippen molar-refractivity contribution in [3.8, 4) is 0 Å². The molecule has 2 rings (SSSR count). The molecule has 1 saturated heterocycles. The van der Waals surface area contributed by atoms with E-state index in [4.69, 9.17) is 5.73 Å². The van der Waals surface area contributed by atoms with E-state index >= 15 is 0 Å². The number of likely N-dealkylation sites (tertiary alicyclic amines) is 1. The molecule has 3 unspecified atom stereocenters. The molecule has 0 saturated carbocycles. The summed E-state index contributed by atoms with van der Waals surface area (Å²) in [6.07, 6.45) is 1.83. The van der Waals surface area contributed by atoms with Gasteiger partial charge in [0.15, 0.2) is 0 Å². The first-order valence-corrected chi connectivity index (χ1v) is 7.85. The summed E-state index contributed by atoms with van der Waals surface area (Å²) < 4.78 is 0. The molecule has 120 valence electrons. The van der Waals surface area contributed by atoms with Crippen LogP contribution in [0.5, 0.6) is 0 Å². The van der Waals surface area contributed by atoms with Crippen LogP contribution >= 0.6 is 0 Å². The van der Waals surface area contributed by atoms with Crippen LogP contribution in [0, 0.1) is 5.92 Å². The highest BCUT2D eigenvalue weighted by Gasteiger charge is 2.30. The Kier molecular flexibility index (Phi) is 5.55. The number of benzene rings is 1. The van der Waals surface area contributed by atoms with Crippen LogP contribution in [0.2, 0.25) is 0 Å². The second kappa shape index (κ2) is 7.40. The van der Waals surface area contributed by atoms with Crippen LogP contribution in [0.1, 0.15) is 38.3 Å². The first-order valence-electron chi connectivity index (χ1n) is 7.85. The molecule has 22 heavy (non-hydrogen) atoms. The normalized spacial score (nSPS) is 21.0. The average Bonchev–Trinajstić information content (AvgIpc) is 2.53. The molecule has 3 atom stereocenters. The van der Waals surface area contributed by atoms with Gasteiger partial charge < -0.3 is 16.0 Å². The second-order valence-corrected chi connectivity index (χ2v) is 6.05. The maximum Gasteiger partial charge on any atom is 0.227 e. The molecule has 1 aromatic carbocycles. The molecule has 1 aliphatic rings. The van der Waals surface area contributed by atoms with Gasteiger partial charge in [-0.15, -0.1) is 0 Å². The summed E-state index contributed by atoms with van der Waals surface area (Å²) in [4.78, 5) is 25.7. The van der Waals surface area contributed by atoms with Crippen molar-refractivity contribution < 1.29 is 9.59 Å². The Bertz CT molecular complexity index is 518. The van der Waals surface area contributed by atoms with E-state index in [0.717, 1.165) is 24.9 Å². The summed E-state index contributed by atoms with van der Waals surface area (Å²) in [6, 6.07) is 9.44. The SMILES string of the molecule is CC(=O)NC1CCCN(C(=O)C(C)C(N)c2ccccc2)C1. The Morgan fingerprint density at radius 1 is 1.32 bits per heavy atom. The minimum Gasteiger partial charge on any atom is -0.352 e. The van der Waals surface area contributed by atoms with E-state index in [-0.39, 0.29) is 29.8 Å². The minimum atomic E-state index is -0.310. The molecule has 1 aromatic rings. The van der Waals surface area contributed by atoms with Crippen molar-refractivity contribution >= 4 is 11.8 Å². The second-order valence-electron chi connectivity index (χ2n) is 6.05. The number of piperidine rings is 1. The predicted molar refractivity (Wildman–Crippen MR) is 86.0 cm³/mol. The van der Waals surface area contributed by atoms with Gasteiger partial charge in [-0.05, 0) is 18.4 Å². The van der Waals surface area contributed by atoms with Crippen molar-refractivity contribution in [2.24, 2.45) is 11.7 Å². The van der Waals surface area contributed by atoms with E-state index < -0.39 is 0 Å². The fourth-order valence-corrected chi connectivity index (χ4v) is 2.99. The lowest BCUT2D eigenvalue weighted by Gasteiger charge is -2.35. The van der Waals surface area contributed by atoms with Gasteiger partial charge in [0.25, 0.3) is 0 Å². The Morgan fingerprint density at radius 3 is 2.64 bits per heavy atom. The Morgan fingerprint density at radius 2 is 2.00 bits per heavy atom. The van der Waals surface area contributed by atoms with Crippen molar-refractivity contribution in [1.82, 2.24) is 10.2 Å². The smallest absolute Gasteiger partial charge is 0.227 e. The van der Waals surface area contributed by atoms with Crippen LogP contribution < -0.4 is 11.1 Å². The molecule has 0 bridgehead atoms. The Hall–Kier alpha value is -1.88. The lowest BCUT2D eigenvalue weighted by Crippen LogP contribution is -2.51. The molecule has 0 radical (unpaired) electrons. The monoisotopic (exact) mass is 303 g/mol. The van der Waals surface area contributed by atoms with Crippen LogP contribution in [0.25, 0.3) is 0 Å². The number of nitrogens with zero attached hydrogens (tertiary/aromatic N) is 1. The summed E-state index contributed by atoms with van der Waals surface area (Å²) >= 11 is 0. The summed E-state index contributed by atoms with van der Waals surface area (Å²) in [7, 11) is 0. The van der Waals surface area contributed by atoms with E-state index in [0.29, 0.717) is 6.54 Å². The largest absolute Gasteiger partial charge is 0.352 e. The molecule has 0 aliphatic carbocycles. The van der Waals surface area contributed by atoms with Gasteiger partial charge in [0.1, 0.15) is 0 Å². The number of carbonyl (C=O) groups is 2. The zero-order valence-electron chi connectivity index (χ0n) is 13.3. The van der Waals surface area contributed by atoms with E-state index in [2.05, 4.69) is 5.32 Å². The summed E-state index contributed by atoms with van der Waals surface area (Å²) in [5.41, 5.74) is 7.22. The molecule has 5 nitrogen and oxygen atoms in total. The zero-order chi connectivity index (χ0) is 16.1. The fraction of sp³-hybridized carbons (Fsp3) is 0.529. The van der Waals surface area contributed by atoms with Crippen molar-refractivity contribution in [2.75, 3.05) is 13.1 Å². The van der Waals surface area contributed by atoms with Gasteiger partial charge in [0, 0.05) is 32.1 Å². The first-order chi connectivity index (χ1) is 10.5. The van der Waals surface area contributed by atoms with Gasteiger partial charge in [-0.25, -0.2) is 0 Å². The van der Waals surface area contributed by atoms with Gasteiger partial charge >= 0.3 is 0 Å². The Balaban J connectivity index is 1.99. The number of carbonyl (C=O) groups excluding carboxylic acids is 2. The quantitative estimate of drug-likeness (QED) is 0.884. The maximum absolute atomic E-state index is 12.7. The third-order valence-electron chi connectivity index (χ3n) is 4.25. The van der Waals surface area contributed by atoms with Crippen molar-refractivity contribution in [3.05, 3.63) is 35.9 Å². The van der Waals surface area contributed by atoms with Crippen LogP contribution in [0.3, 0.4) is 0 Å². The average molecular weight is 303 g/mol. The summed E-state index contributed by atoms with van der Waals surface area (Å²) in [6.45, 7) is 4.70. The third kappa shape index (κ3) is 4.07. The number of hydrogen-bond donors (Lipinski definition) is 2. The molecule has 3 N–H and O–H groups in total. The molecule has 0 spiro atoms. The number of hydrogen-bond acceptors (Lipinski definition) is 3. The molecule has 5 heteroatoms. The van der Waals surface area contributed by atoms with Gasteiger partial charge in [-0.1, -0.05) is 37.3 Å². The van der Waals surface area contributed by atoms with E-state index in [9.17, 15) is 9.59 Å². The molecular formula is C17H25N3O2. The van der Waals surface area contributed by atoms with Crippen LogP contribution in [0.4, 0.5) is 0 Å². The topological polar surface area (TPSA) is 75.4 Å². The fourth-order valence-electron chi connectivity index (χ4n) is 2.99. The standard InChI is InChI=1S/C17H25N3O2/c1-12(16(18)14-7-4-3-5-8-14)17(22)20-10-6-9-15(11-20)19-13(2)21/h3-5,7-8,12,15-16H,6,9-11,18H2,1-2H3,(H,19,21). The van der Waals surface area contributed by atoms with Gasteiger partial charge in [-0.2, -0.15) is 0 Å². The summed E-state index contributed by atoms with van der Waals surface area (Å²) in [5.74, 6) is -0.266. The Labute approximate surface area is 131 Å². The third-order valence-corrected chi connectivity index (χ3v) is 4.25. The van der Waals surface area contributed by atoms with Gasteiger partial charge in [0.05, 0.1) is 5.92 Å². The minimum absolute atomic E-state index is 0.0478. The van der Waals surface area contributed by atoms with Crippen LogP contribution in [-0.2, 0) is 9.59 Å². The molecule has 1 fully saturated rings. The lowest BCUT2D eigenvalue weighted by atomic mass is 9.93. The highest BCUT2D eigenvalue weighted by molar-refractivity contribution is 5.80. The molecule has 0 aromatic heterocycles.